The van der Waals surface area contributed by atoms with Gasteiger partial charge in [-0.05, 0) is 29.9 Å². The molecule has 0 amide bonds. The monoisotopic (exact) mass is 225 g/mol. The maximum Gasteiger partial charge on any atom is 0.245 e. The van der Waals surface area contributed by atoms with Crippen molar-refractivity contribution in [3.05, 3.63) is 35.4 Å². The highest BCUT2D eigenvalue weighted by Crippen LogP contribution is 2.43. The number of hydrogen-bond donors (Lipinski definition) is 1. The van der Waals surface area contributed by atoms with E-state index in [4.69, 9.17) is 5.73 Å². The van der Waals surface area contributed by atoms with Crippen LogP contribution < -0.4 is 5.73 Å². The first-order valence-corrected chi connectivity index (χ1v) is 5.80. The summed E-state index contributed by atoms with van der Waals surface area (Å²) in [5, 5.41) is 0. The SMILES string of the molecule is NCc1ccccc1C(C(F)F)C1CCC1. The molecule has 1 aliphatic rings. The lowest BCUT2D eigenvalue weighted by molar-refractivity contribution is 0.0613. The van der Waals surface area contributed by atoms with Gasteiger partial charge >= 0.3 is 0 Å². The second kappa shape index (κ2) is 4.91. The van der Waals surface area contributed by atoms with E-state index in [0.29, 0.717) is 6.54 Å². The minimum absolute atomic E-state index is 0.146. The summed E-state index contributed by atoms with van der Waals surface area (Å²) in [7, 11) is 0. The smallest absolute Gasteiger partial charge is 0.245 e. The van der Waals surface area contributed by atoms with E-state index in [9.17, 15) is 8.78 Å². The summed E-state index contributed by atoms with van der Waals surface area (Å²) < 4.78 is 26.3. The average Bonchev–Trinajstić information content (AvgIpc) is 2.22. The third-order valence-electron chi connectivity index (χ3n) is 3.56. The van der Waals surface area contributed by atoms with Gasteiger partial charge in [0.25, 0.3) is 0 Å². The number of hydrogen-bond acceptors (Lipinski definition) is 1. The molecule has 0 spiro atoms. The Kier molecular flexibility index (Phi) is 3.54. The second-order valence-electron chi connectivity index (χ2n) is 4.45. The summed E-state index contributed by atoms with van der Waals surface area (Å²) in [6.45, 7) is 0.339. The fraction of sp³-hybridized carbons (Fsp3) is 0.538. The lowest BCUT2D eigenvalue weighted by atomic mass is 9.72. The highest BCUT2D eigenvalue weighted by molar-refractivity contribution is 5.31. The minimum Gasteiger partial charge on any atom is -0.326 e. The molecule has 2 N–H and O–H groups in total. The van der Waals surface area contributed by atoms with E-state index in [-0.39, 0.29) is 5.92 Å². The fourth-order valence-corrected chi connectivity index (χ4v) is 2.44. The molecule has 16 heavy (non-hydrogen) atoms. The van der Waals surface area contributed by atoms with Gasteiger partial charge in [0, 0.05) is 12.5 Å². The van der Waals surface area contributed by atoms with Crippen LogP contribution in [0.4, 0.5) is 8.78 Å². The van der Waals surface area contributed by atoms with E-state index in [1.807, 2.05) is 18.2 Å². The van der Waals surface area contributed by atoms with E-state index in [1.54, 1.807) is 6.07 Å². The van der Waals surface area contributed by atoms with Gasteiger partial charge in [-0.3, -0.25) is 0 Å². The molecule has 0 radical (unpaired) electrons. The van der Waals surface area contributed by atoms with Crippen molar-refractivity contribution in [3.8, 4) is 0 Å². The summed E-state index contributed by atoms with van der Waals surface area (Å²) in [5.41, 5.74) is 7.22. The van der Waals surface area contributed by atoms with Gasteiger partial charge in [-0.25, -0.2) is 8.78 Å². The van der Waals surface area contributed by atoms with E-state index in [2.05, 4.69) is 0 Å². The summed E-state index contributed by atoms with van der Waals surface area (Å²) >= 11 is 0. The van der Waals surface area contributed by atoms with Gasteiger partial charge in [0.2, 0.25) is 6.43 Å². The zero-order chi connectivity index (χ0) is 11.5. The first-order valence-electron chi connectivity index (χ1n) is 5.80. The summed E-state index contributed by atoms with van der Waals surface area (Å²) in [4.78, 5) is 0. The molecule has 1 aromatic carbocycles. The maximum absolute atomic E-state index is 13.1. The van der Waals surface area contributed by atoms with Crippen molar-refractivity contribution in [1.29, 1.82) is 0 Å². The number of rotatable bonds is 4. The summed E-state index contributed by atoms with van der Waals surface area (Å²) in [5.74, 6) is -0.471. The maximum atomic E-state index is 13.1. The van der Waals surface area contributed by atoms with Crippen LogP contribution in [0.3, 0.4) is 0 Å². The van der Waals surface area contributed by atoms with Gasteiger partial charge in [-0.2, -0.15) is 0 Å². The molecule has 1 fully saturated rings. The predicted octanol–water partition coefficient (Wildman–Crippen LogP) is 3.29. The second-order valence-corrected chi connectivity index (χ2v) is 4.45. The number of nitrogens with two attached hydrogens (primary N) is 1. The van der Waals surface area contributed by atoms with Gasteiger partial charge in [-0.1, -0.05) is 30.7 Å². The normalized spacial score (nSPS) is 18.5. The molecule has 0 aliphatic heterocycles. The summed E-state index contributed by atoms with van der Waals surface area (Å²) in [6, 6.07) is 7.33. The average molecular weight is 225 g/mol. The van der Waals surface area contributed by atoms with Crippen LogP contribution >= 0.6 is 0 Å². The van der Waals surface area contributed by atoms with Crippen LogP contribution in [0.25, 0.3) is 0 Å². The number of alkyl halides is 2. The molecule has 1 nitrogen and oxygen atoms in total. The van der Waals surface area contributed by atoms with Crippen LogP contribution in [0.2, 0.25) is 0 Å². The lowest BCUT2D eigenvalue weighted by Gasteiger charge is -2.34. The molecule has 0 heterocycles. The molecule has 1 saturated carbocycles. The van der Waals surface area contributed by atoms with Gasteiger partial charge in [-0.15, -0.1) is 0 Å². The van der Waals surface area contributed by atoms with Crippen molar-refractivity contribution in [1.82, 2.24) is 0 Å². The number of benzene rings is 1. The molecule has 0 saturated heterocycles. The Balaban J connectivity index is 2.30. The zero-order valence-electron chi connectivity index (χ0n) is 9.20. The lowest BCUT2D eigenvalue weighted by Crippen LogP contribution is -2.27. The highest BCUT2D eigenvalue weighted by Gasteiger charge is 2.35. The molecule has 1 atom stereocenters. The third-order valence-corrected chi connectivity index (χ3v) is 3.56. The van der Waals surface area contributed by atoms with E-state index in [1.165, 1.54) is 0 Å². The van der Waals surface area contributed by atoms with Crippen LogP contribution in [0.5, 0.6) is 0 Å². The minimum atomic E-state index is -2.28. The predicted molar refractivity (Wildman–Crippen MR) is 60.4 cm³/mol. The number of halogens is 2. The van der Waals surface area contributed by atoms with E-state index < -0.39 is 12.3 Å². The van der Waals surface area contributed by atoms with Crippen molar-refractivity contribution in [2.75, 3.05) is 0 Å². The van der Waals surface area contributed by atoms with Crippen LogP contribution in [0.15, 0.2) is 24.3 Å². The standard InChI is InChI=1S/C13H17F2N/c14-13(15)12(9-5-3-6-9)11-7-2-1-4-10(11)8-16/h1-2,4,7,9,12-13H,3,5-6,8,16H2. The Hall–Kier alpha value is -0.960. The largest absolute Gasteiger partial charge is 0.326 e. The Labute approximate surface area is 94.7 Å². The molecule has 1 unspecified atom stereocenters. The van der Waals surface area contributed by atoms with Crippen molar-refractivity contribution >= 4 is 0 Å². The summed E-state index contributed by atoms with van der Waals surface area (Å²) in [6.07, 6.45) is 0.651. The van der Waals surface area contributed by atoms with Gasteiger partial charge in [0.1, 0.15) is 0 Å². The van der Waals surface area contributed by atoms with Crippen LogP contribution in [-0.2, 0) is 6.54 Å². The first-order chi connectivity index (χ1) is 7.74. The van der Waals surface area contributed by atoms with Crippen LogP contribution in [0, 0.1) is 5.92 Å². The molecule has 88 valence electrons. The zero-order valence-corrected chi connectivity index (χ0v) is 9.20. The molecular weight excluding hydrogens is 208 g/mol. The molecule has 1 aliphatic carbocycles. The molecular formula is C13H17F2N. The van der Waals surface area contributed by atoms with Gasteiger partial charge in [0.05, 0.1) is 0 Å². The molecule has 1 aromatic rings. The van der Waals surface area contributed by atoms with Crippen molar-refractivity contribution in [2.45, 2.75) is 38.2 Å². The van der Waals surface area contributed by atoms with Crippen LogP contribution in [-0.4, -0.2) is 6.43 Å². The Morgan fingerprint density at radius 2 is 1.94 bits per heavy atom. The van der Waals surface area contributed by atoms with Crippen LogP contribution in [0.1, 0.15) is 36.3 Å². The molecule has 2 rings (SSSR count). The molecule has 3 heteroatoms. The molecule has 0 aromatic heterocycles. The first kappa shape index (κ1) is 11.5. The molecule has 0 bridgehead atoms. The van der Waals surface area contributed by atoms with Gasteiger partial charge in [0.15, 0.2) is 0 Å². The van der Waals surface area contributed by atoms with Crippen molar-refractivity contribution in [2.24, 2.45) is 11.7 Å². The van der Waals surface area contributed by atoms with Crippen molar-refractivity contribution < 1.29 is 8.78 Å². The Morgan fingerprint density at radius 3 is 2.44 bits per heavy atom. The van der Waals surface area contributed by atoms with E-state index in [0.717, 1.165) is 30.4 Å². The fourth-order valence-electron chi connectivity index (χ4n) is 2.44. The van der Waals surface area contributed by atoms with E-state index >= 15 is 0 Å². The topological polar surface area (TPSA) is 26.0 Å². The van der Waals surface area contributed by atoms with Crippen molar-refractivity contribution in [3.63, 3.8) is 0 Å². The Morgan fingerprint density at radius 1 is 1.25 bits per heavy atom. The van der Waals surface area contributed by atoms with Gasteiger partial charge < -0.3 is 5.73 Å². The third kappa shape index (κ3) is 2.09. The quantitative estimate of drug-likeness (QED) is 0.836. The Bertz CT molecular complexity index is 348. The highest BCUT2D eigenvalue weighted by atomic mass is 19.3.